The van der Waals surface area contributed by atoms with Crippen LogP contribution < -0.4 is 5.32 Å². The van der Waals surface area contributed by atoms with Crippen LogP contribution in [0, 0.1) is 6.92 Å². The zero-order valence-electron chi connectivity index (χ0n) is 10.3. The number of aryl methyl sites for hydroxylation is 1. The van der Waals surface area contributed by atoms with Crippen molar-refractivity contribution in [1.82, 2.24) is 10.2 Å². The van der Waals surface area contributed by atoms with E-state index < -0.39 is 0 Å². The number of carbonyl (C=O) groups is 1. The molecular weight excluding hydrogens is 236 g/mol. The lowest BCUT2D eigenvalue weighted by Gasteiger charge is -2.16. The Balaban J connectivity index is 0.00000144. The topological polar surface area (TPSA) is 32.3 Å². The van der Waals surface area contributed by atoms with Crippen LogP contribution in [-0.2, 0) is 0 Å². The molecule has 1 amide bonds. The molecule has 1 saturated heterocycles. The van der Waals surface area contributed by atoms with E-state index in [4.69, 9.17) is 0 Å². The Bertz CT molecular complexity index is 378. The molecular formula is C13H19ClN2O. The summed E-state index contributed by atoms with van der Waals surface area (Å²) in [6.07, 6.45) is 1.05. The predicted molar refractivity (Wildman–Crippen MR) is 71.8 cm³/mol. The number of rotatable bonds is 2. The predicted octanol–water partition coefficient (Wildman–Crippen LogP) is 1.85. The molecule has 1 unspecified atom stereocenters. The number of likely N-dealkylation sites (N-methyl/N-ethyl adjacent to an activating group) is 1. The SMILES string of the molecule is CNC1CCN(C(=O)c2ccc(C)cc2)C1.Cl. The van der Waals surface area contributed by atoms with E-state index in [-0.39, 0.29) is 18.3 Å². The zero-order chi connectivity index (χ0) is 11.5. The van der Waals surface area contributed by atoms with Gasteiger partial charge in [0, 0.05) is 24.7 Å². The van der Waals surface area contributed by atoms with Crippen LogP contribution in [0.2, 0.25) is 0 Å². The number of hydrogen-bond donors (Lipinski definition) is 1. The van der Waals surface area contributed by atoms with Gasteiger partial charge in [-0.2, -0.15) is 0 Å². The first kappa shape index (κ1) is 14.0. The maximum Gasteiger partial charge on any atom is 0.253 e. The molecule has 1 N–H and O–H groups in total. The number of benzene rings is 1. The minimum Gasteiger partial charge on any atom is -0.337 e. The van der Waals surface area contributed by atoms with Gasteiger partial charge in [0.15, 0.2) is 0 Å². The highest BCUT2D eigenvalue weighted by atomic mass is 35.5. The van der Waals surface area contributed by atoms with Crippen molar-refractivity contribution in [2.75, 3.05) is 20.1 Å². The maximum atomic E-state index is 12.1. The smallest absolute Gasteiger partial charge is 0.253 e. The lowest BCUT2D eigenvalue weighted by atomic mass is 10.1. The number of carbonyl (C=O) groups excluding carboxylic acids is 1. The number of likely N-dealkylation sites (tertiary alicyclic amines) is 1. The van der Waals surface area contributed by atoms with Crippen LogP contribution in [0.25, 0.3) is 0 Å². The van der Waals surface area contributed by atoms with Crippen molar-refractivity contribution in [3.63, 3.8) is 0 Å². The molecule has 17 heavy (non-hydrogen) atoms. The highest BCUT2D eigenvalue weighted by molar-refractivity contribution is 5.94. The first-order valence-corrected chi connectivity index (χ1v) is 5.74. The number of hydrogen-bond acceptors (Lipinski definition) is 2. The van der Waals surface area contributed by atoms with Gasteiger partial charge in [0.2, 0.25) is 0 Å². The van der Waals surface area contributed by atoms with E-state index in [0.717, 1.165) is 25.1 Å². The van der Waals surface area contributed by atoms with Crippen molar-refractivity contribution in [2.24, 2.45) is 0 Å². The van der Waals surface area contributed by atoms with Crippen LogP contribution in [0.1, 0.15) is 22.3 Å². The minimum atomic E-state index is 0. The van der Waals surface area contributed by atoms with Crippen molar-refractivity contribution in [3.8, 4) is 0 Å². The molecule has 4 heteroatoms. The quantitative estimate of drug-likeness (QED) is 0.874. The Morgan fingerprint density at radius 2 is 2.00 bits per heavy atom. The fraction of sp³-hybridized carbons (Fsp3) is 0.462. The molecule has 0 aliphatic carbocycles. The fourth-order valence-corrected chi connectivity index (χ4v) is 2.06. The van der Waals surface area contributed by atoms with E-state index in [1.165, 1.54) is 5.56 Å². The van der Waals surface area contributed by atoms with Gasteiger partial charge in [-0.05, 0) is 32.5 Å². The second-order valence-electron chi connectivity index (χ2n) is 4.39. The fourth-order valence-electron chi connectivity index (χ4n) is 2.06. The summed E-state index contributed by atoms with van der Waals surface area (Å²) in [6, 6.07) is 8.24. The molecule has 3 nitrogen and oxygen atoms in total. The lowest BCUT2D eigenvalue weighted by Crippen LogP contribution is -2.33. The standard InChI is InChI=1S/C13H18N2O.ClH/c1-10-3-5-11(6-4-10)13(16)15-8-7-12(9-15)14-2;/h3-6,12,14H,7-9H2,1-2H3;1H. The van der Waals surface area contributed by atoms with Gasteiger partial charge in [-0.25, -0.2) is 0 Å². The Hall–Kier alpha value is -1.06. The maximum absolute atomic E-state index is 12.1. The third-order valence-corrected chi connectivity index (χ3v) is 3.18. The normalized spacial score (nSPS) is 18.9. The number of halogens is 1. The summed E-state index contributed by atoms with van der Waals surface area (Å²) < 4.78 is 0. The average Bonchev–Trinajstić information content (AvgIpc) is 2.77. The Labute approximate surface area is 109 Å². The second-order valence-corrected chi connectivity index (χ2v) is 4.39. The first-order chi connectivity index (χ1) is 7.70. The average molecular weight is 255 g/mol. The van der Waals surface area contributed by atoms with Crippen LogP contribution >= 0.6 is 12.4 Å². The van der Waals surface area contributed by atoms with Crippen LogP contribution in [0.4, 0.5) is 0 Å². The Morgan fingerprint density at radius 1 is 1.35 bits per heavy atom. The summed E-state index contributed by atoms with van der Waals surface area (Å²) in [5, 5.41) is 3.22. The molecule has 1 fully saturated rings. The number of nitrogens with one attached hydrogen (secondary N) is 1. The number of nitrogens with zero attached hydrogens (tertiary/aromatic N) is 1. The summed E-state index contributed by atoms with van der Waals surface area (Å²) in [4.78, 5) is 14.0. The summed E-state index contributed by atoms with van der Waals surface area (Å²) in [6.45, 7) is 3.71. The molecule has 0 bridgehead atoms. The van der Waals surface area contributed by atoms with E-state index in [0.29, 0.717) is 6.04 Å². The zero-order valence-corrected chi connectivity index (χ0v) is 11.1. The van der Waals surface area contributed by atoms with Gasteiger partial charge in [-0.1, -0.05) is 17.7 Å². The van der Waals surface area contributed by atoms with Crippen molar-refractivity contribution < 1.29 is 4.79 Å². The molecule has 2 rings (SSSR count). The second kappa shape index (κ2) is 6.03. The van der Waals surface area contributed by atoms with Crippen LogP contribution in [0.3, 0.4) is 0 Å². The van der Waals surface area contributed by atoms with E-state index >= 15 is 0 Å². The van der Waals surface area contributed by atoms with Crippen molar-refractivity contribution >= 4 is 18.3 Å². The summed E-state index contributed by atoms with van der Waals surface area (Å²) in [7, 11) is 1.95. The van der Waals surface area contributed by atoms with E-state index in [1.54, 1.807) is 0 Å². The molecule has 1 aromatic carbocycles. The summed E-state index contributed by atoms with van der Waals surface area (Å²) in [5.41, 5.74) is 1.98. The number of amides is 1. The minimum absolute atomic E-state index is 0. The van der Waals surface area contributed by atoms with Gasteiger partial charge in [-0.3, -0.25) is 4.79 Å². The van der Waals surface area contributed by atoms with E-state index in [9.17, 15) is 4.79 Å². The molecule has 1 heterocycles. The van der Waals surface area contributed by atoms with E-state index in [1.807, 2.05) is 43.1 Å². The largest absolute Gasteiger partial charge is 0.337 e. The monoisotopic (exact) mass is 254 g/mol. The summed E-state index contributed by atoms with van der Waals surface area (Å²) in [5.74, 6) is 0.151. The molecule has 0 radical (unpaired) electrons. The Morgan fingerprint density at radius 3 is 2.53 bits per heavy atom. The van der Waals surface area contributed by atoms with Gasteiger partial charge >= 0.3 is 0 Å². The molecule has 0 aromatic heterocycles. The van der Waals surface area contributed by atoms with Crippen LogP contribution in [-0.4, -0.2) is 37.0 Å². The molecule has 0 saturated carbocycles. The summed E-state index contributed by atoms with van der Waals surface area (Å²) >= 11 is 0. The third-order valence-electron chi connectivity index (χ3n) is 3.18. The highest BCUT2D eigenvalue weighted by Gasteiger charge is 2.25. The van der Waals surface area contributed by atoms with Gasteiger partial charge in [0.1, 0.15) is 0 Å². The Kier molecular flexibility index (Phi) is 4.97. The molecule has 0 spiro atoms. The molecule has 1 aromatic rings. The van der Waals surface area contributed by atoms with Crippen LogP contribution in [0.15, 0.2) is 24.3 Å². The van der Waals surface area contributed by atoms with Crippen molar-refractivity contribution in [2.45, 2.75) is 19.4 Å². The first-order valence-electron chi connectivity index (χ1n) is 5.74. The molecule has 1 atom stereocenters. The van der Waals surface area contributed by atoms with Crippen molar-refractivity contribution in [1.29, 1.82) is 0 Å². The molecule has 1 aliphatic heterocycles. The van der Waals surface area contributed by atoms with Crippen molar-refractivity contribution in [3.05, 3.63) is 35.4 Å². The van der Waals surface area contributed by atoms with E-state index in [2.05, 4.69) is 5.32 Å². The van der Waals surface area contributed by atoms with Gasteiger partial charge < -0.3 is 10.2 Å². The highest BCUT2D eigenvalue weighted by Crippen LogP contribution is 2.13. The van der Waals surface area contributed by atoms with Crippen LogP contribution in [0.5, 0.6) is 0 Å². The van der Waals surface area contributed by atoms with Gasteiger partial charge in [-0.15, -0.1) is 12.4 Å². The van der Waals surface area contributed by atoms with Gasteiger partial charge in [0.05, 0.1) is 0 Å². The lowest BCUT2D eigenvalue weighted by molar-refractivity contribution is 0.0789. The third kappa shape index (κ3) is 3.20. The molecule has 94 valence electrons. The molecule has 1 aliphatic rings. The van der Waals surface area contributed by atoms with Gasteiger partial charge in [0.25, 0.3) is 5.91 Å².